The van der Waals surface area contributed by atoms with Crippen LogP contribution in [-0.2, 0) is 19.6 Å². The second-order valence-electron chi connectivity index (χ2n) is 7.58. The molecule has 1 atom stereocenters. The molecule has 0 aliphatic carbocycles. The van der Waals surface area contributed by atoms with Crippen LogP contribution in [0.1, 0.15) is 24.0 Å². The number of amides is 2. The van der Waals surface area contributed by atoms with Gasteiger partial charge in [-0.3, -0.25) is 9.59 Å². The first-order valence-corrected chi connectivity index (χ1v) is 11.2. The van der Waals surface area contributed by atoms with Crippen LogP contribution >= 0.6 is 0 Å². The molecule has 8 nitrogen and oxygen atoms in total. The molecule has 2 aromatic carbocycles. The number of hydrogen-bond acceptors (Lipinski definition) is 5. The van der Waals surface area contributed by atoms with E-state index in [0.29, 0.717) is 30.0 Å². The minimum Gasteiger partial charge on any atom is -0.482 e. The Balaban J connectivity index is 1.58. The molecular weight excluding hydrogens is 406 g/mol. The van der Waals surface area contributed by atoms with Crippen LogP contribution in [0, 0.1) is 13.8 Å². The maximum atomic E-state index is 13.3. The third kappa shape index (κ3) is 3.78. The summed E-state index contributed by atoms with van der Waals surface area (Å²) in [6.07, 6.45) is 1.04. The Morgan fingerprint density at radius 2 is 2.00 bits per heavy atom. The van der Waals surface area contributed by atoms with E-state index >= 15 is 0 Å². The highest BCUT2D eigenvalue weighted by atomic mass is 32.2. The number of nitrogens with one attached hydrogen (secondary N) is 2. The Morgan fingerprint density at radius 1 is 1.20 bits per heavy atom. The van der Waals surface area contributed by atoms with Gasteiger partial charge >= 0.3 is 0 Å². The third-order valence-corrected chi connectivity index (χ3v) is 7.24. The van der Waals surface area contributed by atoms with E-state index < -0.39 is 16.1 Å². The van der Waals surface area contributed by atoms with Crippen molar-refractivity contribution in [3.8, 4) is 5.75 Å². The zero-order valence-corrected chi connectivity index (χ0v) is 17.6. The summed E-state index contributed by atoms with van der Waals surface area (Å²) in [6, 6.07) is 9.21. The van der Waals surface area contributed by atoms with E-state index in [-0.39, 0.29) is 29.9 Å². The van der Waals surface area contributed by atoms with Crippen molar-refractivity contribution in [2.75, 3.05) is 23.8 Å². The molecule has 0 saturated carbocycles. The fourth-order valence-electron chi connectivity index (χ4n) is 3.82. The quantitative estimate of drug-likeness (QED) is 0.777. The number of hydrogen-bond donors (Lipinski definition) is 2. The largest absolute Gasteiger partial charge is 0.482 e. The molecule has 1 fully saturated rings. The number of nitrogens with zero attached hydrogens (tertiary/aromatic N) is 1. The summed E-state index contributed by atoms with van der Waals surface area (Å²) in [4.78, 5) is 24.5. The van der Waals surface area contributed by atoms with Crippen molar-refractivity contribution in [1.82, 2.24) is 4.31 Å². The molecular formula is C21H23N3O5S. The molecule has 2 aromatic rings. The number of aryl methyl sites for hydroxylation is 2. The molecule has 4 rings (SSSR count). The van der Waals surface area contributed by atoms with Gasteiger partial charge in [-0.25, -0.2) is 8.42 Å². The lowest BCUT2D eigenvalue weighted by atomic mass is 10.1. The van der Waals surface area contributed by atoms with Gasteiger partial charge in [-0.1, -0.05) is 17.7 Å². The summed E-state index contributed by atoms with van der Waals surface area (Å²) in [7, 11) is -3.93. The fraction of sp³-hybridized carbons (Fsp3) is 0.333. The fourth-order valence-corrected chi connectivity index (χ4v) is 5.50. The lowest BCUT2D eigenvalue weighted by Gasteiger charge is -2.25. The van der Waals surface area contributed by atoms with Crippen LogP contribution in [-0.4, -0.2) is 43.7 Å². The zero-order chi connectivity index (χ0) is 21.5. The number of benzene rings is 2. The van der Waals surface area contributed by atoms with Crippen molar-refractivity contribution in [3.63, 3.8) is 0 Å². The molecule has 0 bridgehead atoms. The highest BCUT2D eigenvalue weighted by Gasteiger charge is 2.40. The van der Waals surface area contributed by atoms with Crippen LogP contribution < -0.4 is 15.4 Å². The van der Waals surface area contributed by atoms with Crippen molar-refractivity contribution in [1.29, 1.82) is 0 Å². The number of sulfonamides is 1. The van der Waals surface area contributed by atoms with E-state index in [1.54, 1.807) is 0 Å². The Labute approximate surface area is 175 Å². The van der Waals surface area contributed by atoms with Crippen molar-refractivity contribution < 1.29 is 22.7 Å². The summed E-state index contributed by atoms with van der Waals surface area (Å²) in [5.74, 6) is -0.277. The average molecular weight is 429 g/mol. The predicted molar refractivity (Wildman–Crippen MR) is 112 cm³/mol. The summed E-state index contributed by atoms with van der Waals surface area (Å²) in [5.41, 5.74) is 2.98. The number of rotatable bonds is 4. The normalized spacial score (nSPS) is 19.0. The second kappa shape index (κ2) is 7.73. The predicted octanol–water partition coefficient (Wildman–Crippen LogP) is 2.43. The van der Waals surface area contributed by atoms with E-state index in [2.05, 4.69) is 10.6 Å². The van der Waals surface area contributed by atoms with Crippen molar-refractivity contribution >= 4 is 33.2 Å². The van der Waals surface area contributed by atoms with E-state index in [4.69, 9.17) is 4.74 Å². The van der Waals surface area contributed by atoms with Gasteiger partial charge in [0.1, 0.15) is 11.8 Å². The SMILES string of the molecule is Cc1ccc(NC(=O)[C@@H]2CCCN2S(=O)(=O)c2ccc3c(c2)NC(=O)CO3)c(C)c1. The highest BCUT2D eigenvalue weighted by molar-refractivity contribution is 7.89. The molecule has 2 aliphatic heterocycles. The maximum absolute atomic E-state index is 13.3. The monoisotopic (exact) mass is 429 g/mol. The van der Waals surface area contributed by atoms with Crippen molar-refractivity contribution in [3.05, 3.63) is 47.5 Å². The topological polar surface area (TPSA) is 105 Å². The minimum atomic E-state index is -3.93. The van der Waals surface area contributed by atoms with E-state index in [0.717, 1.165) is 11.1 Å². The van der Waals surface area contributed by atoms with Crippen LogP contribution in [0.25, 0.3) is 0 Å². The van der Waals surface area contributed by atoms with Gasteiger partial charge < -0.3 is 15.4 Å². The van der Waals surface area contributed by atoms with Crippen LogP contribution in [0.3, 0.4) is 0 Å². The molecule has 9 heteroatoms. The Bertz CT molecular complexity index is 1130. The molecule has 1 saturated heterocycles. The minimum absolute atomic E-state index is 0.0123. The van der Waals surface area contributed by atoms with Gasteiger partial charge in [-0.05, 0) is 56.5 Å². The van der Waals surface area contributed by atoms with Crippen LogP contribution in [0.4, 0.5) is 11.4 Å². The first-order valence-electron chi connectivity index (χ1n) is 9.72. The third-order valence-electron chi connectivity index (χ3n) is 5.34. The average Bonchev–Trinajstić information content (AvgIpc) is 3.20. The molecule has 0 radical (unpaired) electrons. The number of ether oxygens (including phenoxy) is 1. The summed E-state index contributed by atoms with van der Waals surface area (Å²) < 4.78 is 33.1. The lowest BCUT2D eigenvalue weighted by molar-refractivity contribution is -0.119. The standard InChI is InChI=1S/C21H23N3O5S/c1-13-5-7-16(14(2)10-13)23-21(26)18-4-3-9-24(18)30(27,28)15-6-8-19-17(11-15)22-20(25)12-29-19/h5-8,10-11,18H,3-4,9,12H2,1-2H3,(H,22,25)(H,23,26)/t18-/m0/s1. The maximum Gasteiger partial charge on any atom is 0.262 e. The zero-order valence-electron chi connectivity index (χ0n) is 16.8. The molecule has 158 valence electrons. The molecule has 2 amide bonds. The van der Waals surface area contributed by atoms with Gasteiger partial charge in [0.05, 0.1) is 10.6 Å². The van der Waals surface area contributed by atoms with Gasteiger partial charge in [-0.2, -0.15) is 4.31 Å². The highest BCUT2D eigenvalue weighted by Crippen LogP contribution is 2.33. The van der Waals surface area contributed by atoms with Gasteiger partial charge in [0, 0.05) is 12.2 Å². The van der Waals surface area contributed by atoms with Gasteiger partial charge in [0.25, 0.3) is 5.91 Å². The van der Waals surface area contributed by atoms with E-state index in [1.165, 1.54) is 22.5 Å². The molecule has 0 unspecified atom stereocenters. The van der Waals surface area contributed by atoms with E-state index in [1.807, 2.05) is 32.0 Å². The van der Waals surface area contributed by atoms with Gasteiger partial charge in [0.15, 0.2) is 6.61 Å². The van der Waals surface area contributed by atoms with Crippen LogP contribution in [0.5, 0.6) is 5.75 Å². The summed E-state index contributed by atoms with van der Waals surface area (Å²) >= 11 is 0. The molecule has 30 heavy (non-hydrogen) atoms. The number of fused-ring (bicyclic) bond motifs is 1. The first-order chi connectivity index (χ1) is 14.3. The Kier molecular flexibility index (Phi) is 5.25. The molecule has 0 aromatic heterocycles. The molecule has 0 spiro atoms. The molecule has 2 heterocycles. The second-order valence-corrected chi connectivity index (χ2v) is 9.47. The summed E-state index contributed by atoms with van der Waals surface area (Å²) in [6.45, 7) is 4.02. The Morgan fingerprint density at radius 3 is 2.77 bits per heavy atom. The lowest BCUT2D eigenvalue weighted by Crippen LogP contribution is -2.43. The van der Waals surface area contributed by atoms with E-state index in [9.17, 15) is 18.0 Å². The van der Waals surface area contributed by atoms with Crippen LogP contribution in [0.2, 0.25) is 0 Å². The number of anilines is 2. The smallest absolute Gasteiger partial charge is 0.262 e. The Hall–Kier alpha value is -2.91. The van der Waals surface area contributed by atoms with Crippen molar-refractivity contribution in [2.24, 2.45) is 0 Å². The molecule has 2 aliphatic rings. The van der Waals surface area contributed by atoms with Crippen molar-refractivity contribution in [2.45, 2.75) is 37.6 Å². The molecule has 2 N–H and O–H groups in total. The van der Waals surface area contributed by atoms with Gasteiger partial charge in [-0.15, -0.1) is 0 Å². The first kappa shape index (κ1) is 20.4. The number of carbonyl (C=O) groups excluding carboxylic acids is 2. The van der Waals surface area contributed by atoms with Crippen LogP contribution in [0.15, 0.2) is 41.3 Å². The summed E-state index contributed by atoms with van der Waals surface area (Å²) in [5, 5.41) is 5.48. The van der Waals surface area contributed by atoms with Gasteiger partial charge in [0.2, 0.25) is 15.9 Å². The number of carbonyl (C=O) groups is 2.